The Kier molecular flexibility index (Phi) is 7.08. The van der Waals surface area contributed by atoms with Crippen LogP contribution in [0.2, 0.25) is 0 Å². The molecule has 2 aromatic rings. The molecule has 0 aliphatic carbocycles. The van der Waals surface area contributed by atoms with Crippen molar-refractivity contribution in [3.63, 3.8) is 0 Å². The maximum Gasteiger partial charge on any atom is 0.337 e. The minimum Gasteiger partial charge on any atom is -0.337 e. The number of nitrogens with zero attached hydrogens (tertiary/aromatic N) is 4. The fraction of sp³-hybridized carbons (Fsp3) is 0.300. The van der Waals surface area contributed by atoms with Crippen LogP contribution in [0, 0.1) is 0 Å². The van der Waals surface area contributed by atoms with Crippen LogP contribution in [0.25, 0.3) is 0 Å². The molecule has 8 nitrogen and oxygen atoms in total. The van der Waals surface area contributed by atoms with E-state index in [-0.39, 0.29) is 19.0 Å². The number of hydrogen-bond donors (Lipinski definition) is 0. The maximum absolute atomic E-state index is 12.8. The van der Waals surface area contributed by atoms with Gasteiger partial charge in [0.2, 0.25) is 5.91 Å². The van der Waals surface area contributed by atoms with Gasteiger partial charge in [-0.15, -0.1) is 13.2 Å². The van der Waals surface area contributed by atoms with Crippen molar-refractivity contribution in [1.29, 1.82) is 0 Å². The van der Waals surface area contributed by atoms with Crippen molar-refractivity contribution < 1.29 is 4.79 Å². The quantitative estimate of drug-likeness (QED) is 0.592. The normalized spacial score (nSPS) is 10.5. The summed E-state index contributed by atoms with van der Waals surface area (Å²) >= 11 is 0. The van der Waals surface area contributed by atoms with Crippen LogP contribution in [-0.4, -0.2) is 31.1 Å². The van der Waals surface area contributed by atoms with Crippen molar-refractivity contribution in [1.82, 2.24) is 18.6 Å². The number of rotatable bonds is 9. The van der Waals surface area contributed by atoms with Crippen LogP contribution in [0.1, 0.15) is 12.5 Å². The summed E-state index contributed by atoms with van der Waals surface area (Å²) in [4.78, 5) is 52.0. The second-order valence-corrected chi connectivity index (χ2v) is 6.13. The van der Waals surface area contributed by atoms with Gasteiger partial charge in [-0.05, 0) is 12.5 Å². The van der Waals surface area contributed by atoms with Gasteiger partial charge in [0.15, 0.2) is 0 Å². The van der Waals surface area contributed by atoms with Crippen molar-refractivity contribution in [2.75, 3.05) is 6.54 Å². The zero-order valence-electron chi connectivity index (χ0n) is 15.9. The molecule has 148 valence electrons. The zero-order chi connectivity index (χ0) is 20.7. The fourth-order valence-electron chi connectivity index (χ4n) is 2.80. The van der Waals surface area contributed by atoms with Crippen molar-refractivity contribution in [2.24, 2.45) is 0 Å². The number of aromatic nitrogens is 3. The molecule has 0 N–H and O–H groups in total. The summed E-state index contributed by atoms with van der Waals surface area (Å²) in [5.41, 5.74) is -1.49. The van der Waals surface area contributed by atoms with Gasteiger partial charge in [0.25, 0.3) is 0 Å². The minimum absolute atomic E-state index is 0.0647. The molecule has 0 radical (unpaired) electrons. The van der Waals surface area contributed by atoms with Crippen LogP contribution in [0.15, 0.2) is 70.0 Å². The summed E-state index contributed by atoms with van der Waals surface area (Å²) in [7, 11) is 0. The topological polar surface area (TPSA) is 86.3 Å². The van der Waals surface area contributed by atoms with E-state index in [4.69, 9.17) is 0 Å². The molecule has 28 heavy (non-hydrogen) atoms. The summed E-state index contributed by atoms with van der Waals surface area (Å²) in [5, 5.41) is 0. The molecule has 0 unspecified atom stereocenters. The number of carbonyl (C=O) groups is 1. The monoisotopic (exact) mass is 384 g/mol. The molecule has 8 heteroatoms. The van der Waals surface area contributed by atoms with Gasteiger partial charge in [-0.3, -0.25) is 4.79 Å². The highest BCUT2D eigenvalue weighted by Gasteiger charge is 2.19. The first kappa shape index (κ1) is 20.9. The maximum atomic E-state index is 12.8. The third kappa shape index (κ3) is 4.46. The molecule has 0 spiro atoms. The minimum atomic E-state index is -0.834. The summed E-state index contributed by atoms with van der Waals surface area (Å²) in [6, 6.07) is 9.41. The lowest BCUT2D eigenvalue weighted by Gasteiger charge is -2.21. The smallest absolute Gasteiger partial charge is 0.337 e. The van der Waals surface area contributed by atoms with Gasteiger partial charge in [0.1, 0.15) is 6.54 Å². The number of carbonyl (C=O) groups excluding carboxylic acids is 1. The molecular formula is C20H24N4O4. The molecule has 0 saturated heterocycles. The first-order valence-electron chi connectivity index (χ1n) is 8.92. The van der Waals surface area contributed by atoms with Crippen LogP contribution in [0.5, 0.6) is 0 Å². The average Bonchev–Trinajstić information content (AvgIpc) is 2.70. The van der Waals surface area contributed by atoms with Crippen molar-refractivity contribution in [2.45, 2.75) is 33.1 Å². The van der Waals surface area contributed by atoms with E-state index < -0.39 is 23.6 Å². The van der Waals surface area contributed by atoms with Crippen LogP contribution in [-0.2, 0) is 31.0 Å². The van der Waals surface area contributed by atoms with Gasteiger partial charge in [0, 0.05) is 13.1 Å². The molecule has 0 aliphatic rings. The molecule has 0 aliphatic heterocycles. The van der Waals surface area contributed by atoms with E-state index in [9.17, 15) is 19.2 Å². The van der Waals surface area contributed by atoms with E-state index in [0.717, 1.165) is 19.3 Å². The molecule has 0 fully saturated rings. The predicted molar refractivity (Wildman–Crippen MR) is 107 cm³/mol. The Hall–Kier alpha value is -3.42. The van der Waals surface area contributed by atoms with Crippen LogP contribution in [0.4, 0.5) is 0 Å². The predicted octanol–water partition coefficient (Wildman–Crippen LogP) is 0.592. The first-order valence-corrected chi connectivity index (χ1v) is 8.92. The van der Waals surface area contributed by atoms with E-state index in [1.54, 1.807) is 4.90 Å². The largest absolute Gasteiger partial charge is 0.337 e. The van der Waals surface area contributed by atoms with Gasteiger partial charge in [-0.25, -0.2) is 28.1 Å². The van der Waals surface area contributed by atoms with E-state index in [0.29, 0.717) is 13.1 Å². The van der Waals surface area contributed by atoms with Crippen LogP contribution >= 0.6 is 0 Å². The molecule has 0 saturated carbocycles. The molecule has 2 rings (SSSR count). The summed E-state index contributed by atoms with van der Waals surface area (Å²) in [6.45, 7) is 9.06. The lowest BCUT2D eigenvalue weighted by atomic mass is 10.2. The lowest BCUT2D eigenvalue weighted by molar-refractivity contribution is -0.132. The average molecular weight is 384 g/mol. The van der Waals surface area contributed by atoms with Crippen LogP contribution in [0.3, 0.4) is 0 Å². The molecule has 0 atom stereocenters. The molecule has 1 heterocycles. The van der Waals surface area contributed by atoms with Gasteiger partial charge in [-0.2, -0.15) is 0 Å². The highest BCUT2D eigenvalue weighted by molar-refractivity contribution is 5.75. The third-order valence-corrected chi connectivity index (χ3v) is 4.25. The lowest BCUT2D eigenvalue weighted by Crippen LogP contribution is -2.55. The molecular weight excluding hydrogens is 360 g/mol. The first-order chi connectivity index (χ1) is 13.4. The summed E-state index contributed by atoms with van der Waals surface area (Å²) in [6.07, 6.45) is 2.76. The Bertz CT molecular complexity index is 983. The second-order valence-electron chi connectivity index (χ2n) is 6.13. The van der Waals surface area contributed by atoms with Crippen molar-refractivity contribution >= 4 is 5.91 Å². The Labute approximate surface area is 162 Å². The Balaban J connectivity index is 2.43. The number of amides is 1. The van der Waals surface area contributed by atoms with E-state index in [1.165, 1.54) is 12.2 Å². The number of likely N-dealkylation sites (N-methyl/N-ethyl adjacent to an activating group) is 1. The van der Waals surface area contributed by atoms with Gasteiger partial charge in [0.05, 0.1) is 13.1 Å². The number of hydrogen-bond acceptors (Lipinski definition) is 4. The van der Waals surface area contributed by atoms with E-state index in [2.05, 4.69) is 13.2 Å². The highest BCUT2D eigenvalue weighted by Crippen LogP contribution is 2.04. The van der Waals surface area contributed by atoms with E-state index >= 15 is 0 Å². The Morgan fingerprint density at radius 3 is 1.89 bits per heavy atom. The molecule has 1 amide bonds. The SMILES string of the molecule is C=CCn1c(=O)n(CC=C)c(=O)n(CC(=O)N(CC)Cc2ccccc2)c1=O. The molecule has 0 bridgehead atoms. The van der Waals surface area contributed by atoms with Gasteiger partial charge in [-0.1, -0.05) is 42.5 Å². The van der Waals surface area contributed by atoms with Gasteiger partial charge < -0.3 is 4.90 Å². The zero-order valence-corrected chi connectivity index (χ0v) is 15.9. The van der Waals surface area contributed by atoms with Gasteiger partial charge >= 0.3 is 17.1 Å². The Morgan fingerprint density at radius 2 is 1.43 bits per heavy atom. The standard InChI is InChI=1S/C20H24N4O4/c1-4-12-22-18(26)23(13-5-2)20(28)24(19(22)27)15-17(25)21(6-3)14-16-10-8-7-9-11-16/h4-5,7-11H,1-2,6,12-15H2,3H3. The highest BCUT2D eigenvalue weighted by atomic mass is 16.2. The summed E-state index contributed by atoms with van der Waals surface area (Å²) in [5.74, 6) is -0.389. The Morgan fingerprint density at radius 1 is 0.929 bits per heavy atom. The summed E-state index contributed by atoms with van der Waals surface area (Å²) < 4.78 is 2.53. The van der Waals surface area contributed by atoms with Crippen molar-refractivity contribution in [3.05, 3.63) is 92.7 Å². The number of allylic oxidation sites excluding steroid dienone is 2. The van der Waals surface area contributed by atoms with Crippen LogP contribution < -0.4 is 17.1 Å². The van der Waals surface area contributed by atoms with Crippen molar-refractivity contribution in [3.8, 4) is 0 Å². The fourth-order valence-corrected chi connectivity index (χ4v) is 2.80. The third-order valence-electron chi connectivity index (χ3n) is 4.25. The van der Waals surface area contributed by atoms with E-state index in [1.807, 2.05) is 37.3 Å². The number of benzene rings is 1. The second kappa shape index (κ2) is 9.50. The molecule has 1 aromatic carbocycles. The molecule has 1 aromatic heterocycles.